The Morgan fingerprint density at radius 3 is 2.56 bits per heavy atom. The van der Waals surface area contributed by atoms with Crippen molar-refractivity contribution in [3.8, 4) is 0 Å². The van der Waals surface area contributed by atoms with Gasteiger partial charge in [-0.2, -0.15) is 0 Å². The number of nitrogens with one attached hydrogen (secondary N) is 1. The molecule has 7 nitrogen and oxygen atoms in total. The molecule has 0 spiro atoms. The summed E-state index contributed by atoms with van der Waals surface area (Å²) in [4.78, 5) is 36.9. The van der Waals surface area contributed by atoms with Crippen LogP contribution in [0.2, 0.25) is 0 Å². The van der Waals surface area contributed by atoms with E-state index in [0.717, 1.165) is 56.0 Å². The second-order valence-corrected chi connectivity index (χ2v) is 8.95. The smallest absolute Gasteiger partial charge is 0.253 e. The first-order valence-electron chi connectivity index (χ1n) is 11.5. The Labute approximate surface area is 190 Å². The molecule has 2 fully saturated rings. The molecule has 0 aliphatic carbocycles. The van der Waals surface area contributed by atoms with Crippen molar-refractivity contribution in [3.05, 3.63) is 59.3 Å². The third-order valence-electron chi connectivity index (χ3n) is 6.50. The van der Waals surface area contributed by atoms with Crippen LogP contribution in [0.1, 0.15) is 34.3 Å². The van der Waals surface area contributed by atoms with Crippen LogP contribution in [0.5, 0.6) is 0 Å². The summed E-state index contributed by atoms with van der Waals surface area (Å²) in [5.74, 6) is 0.800. The van der Waals surface area contributed by atoms with Crippen molar-refractivity contribution >= 4 is 17.6 Å². The standard InChI is InChI=1S/C25H33N5O2/c1-19-7-9-20(10-8-19)25(32)30-12-4-6-22(18-30)24(31)27-17-21-5-3-11-26-23(21)29-15-13-28(2)14-16-29/h3,5,7-11,22H,4,6,12-18H2,1-2H3,(H,27,31). The van der Waals surface area contributed by atoms with E-state index in [4.69, 9.17) is 0 Å². The van der Waals surface area contributed by atoms with E-state index in [1.807, 2.05) is 54.4 Å². The summed E-state index contributed by atoms with van der Waals surface area (Å²) in [5.41, 5.74) is 2.85. The quantitative estimate of drug-likeness (QED) is 0.781. The van der Waals surface area contributed by atoms with Gasteiger partial charge in [-0.15, -0.1) is 0 Å². The van der Waals surface area contributed by atoms with Gasteiger partial charge in [-0.05, 0) is 45.0 Å². The lowest BCUT2D eigenvalue weighted by Gasteiger charge is -2.34. The van der Waals surface area contributed by atoms with Crippen molar-refractivity contribution in [1.29, 1.82) is 0 Å². The number of carbonyl (C=O) groups is 2. The van der Waals surface area contributed by atoms with Crippen LogP contribution in [0.3, 0.4) is 0 Å². The molecule has 0 saturated carbocycles. The van der Waals surface area contributed by atoms with Crippen LogP contribution in [0.15, 0.2) is 42.6 Å². The van der Waals surface area contributed by atoms with Gasteiger partial charge in [-0.25, -0.2) is 4.98 Å². The van der Waals surface area contributed by atoms with Crippen molar-refractivity contribution in [3.63, 3.8) is 0 Å². The lowest BCUT2D eigenvalue weighted by molar-refractivity contribution is -0.126. The summed E-state index contributed by atoms with van der Waals surface area (Å²) in [6.07, 6.45) is 3.46. The Hall–Kier alpha value is -2.93. The minimum atomic E-state index is -0.179. The number of hydrogen-bond acceptors (Lipinski definition) is 5. The van der Waals surface area contributed by atoms with Gasteiger partial charge in [-0.3, -0.25) is 9.59 Å². The second kappa shape index (κ2) is 10.1. The minimum Gasteiger partial charge on any atom is -0.354 e. The summed E-state index contributed by atoms with van der Waals surface area (Å²) >= 11 is 0. The Kier molecular flexibility index (Phi) is 7.05. The van der Waals surface area contributed by atoms with Crippen molar-refractivity contribution in [2.45, 2.75) is 26.3 Å². The SMILES string of the molecule is Cc1ccc(C(=O)N2CCCC(C(=O)NCc3cccnc3N3CCN(C)CC3)C2)cc1. The van der Waals surface area contributed by atoms with Crippen molar-refractivity contribution in [2.75, 3.05) is 51.2 Å². The highest BCUT2D eigenvalue weighted by Crippen LogP contribution is 2.21. The molecule has 2 amide bonds. The number of benzene rings is 1. The van der Waals surface area contributed by atoms with E-state index >= 15 is 0 Å². The normalized spacial score (nSPS) is 19.6. The fourth-order valence-corrected chi connectivity index (χ4v) is 4.45. The summed E-state index contributed by atoms with van der Waals surface area (Å²) in [5, 5.41) is 3.11. The van der Waals surface area contributed by atoms with Crippen LogP contribution >= 0.6 is 0 Å². The fraction of sp³-hybridized carbons (Fsp3) is 0.480. The van der Waals surface area contributed by atoms with E-state index in [-0.39, 0.29) is 17.7 Å². The molecule has 0 radical (unpaired) electrons. The maximum Gasteiger partial charge on any atom is 0.253 e. The first kappa shape index (κ1) is 22.3. The van der Waals surface area contributed by atoms with Crippen LogP contribution in [0, 0.1) is 12.8 Å². The Balaban J connectivity index is 1.35. The number of rotatable bonds is 5. The van der Waals surface area contributed by atoms with Crippen LogP contribution in [-0.2, 0) is 11.3 Å². The summed E-state index contributed by atoms with van der Waals surface area (Å²) in [7, 11) is 2.13. The highest BCUT2D eigenvalue weighted by atomic mass is 16.2. The molecule has 1 aromatic heterocycles. The molecule has 1 N–H and O–H groups in total. The van der Waals surface area contributed by atoms with Crippen molar-refractivity contribution in [2.24, 2.45) is 5.92 Å². The third kappa shape index (κ3) is 5.27. The molecule has 1 aromatic carbocycles. The average Bonchev–Trinajstić information content (AvgIpc) is 2.83. The van der Waals surface area contributed by atoms with Crippen LogP contribution < -0.4 is 10.2 Å². The monoisotopic (exact) mass is 435 g/mol. The molecule has 1 unspecified atom stereocenters. The van der Waals surface area contributed by atoms with Crippen molar-refractivity contribution in [1.82, 2.24) is 20.1 Å². The van der Waals surface area contributed by atoms with Crippen LogP contribution in [0.4, 0.5) is 5.82 Å². The van der Waals surface area contributed by atoms with E-state index < -0.39 is 0 Å². The zero-order chi connectivity index (χ0) is 22.5. The Bertz CT molecular complexity index is 938. The average molecular weight is 436 g/mol. The highest BCUT2D eigenvalue weighted by molar-refractivity contribution is 5.94. The molecular formula is C25H33N5O2. The molecule has 7 heteroatoms. The number of anilines is 1. The molecule has 32 heavy (non-hydrogen) atoms. The third-order valence-corrected chi connectivity index (χ3v) is 6.50. The number of likely N-dealkylation sites (N-methyl/N-ethyl adjacent to an activating group) is 1. The van der Waals surface area contributed by atoms with Crippen LogP contribution in [0.25, 0.3) is 0 Å². The number of aryl methyl sites for hydroxylation is 1. The molecule has 2 saturated heterocycles. The maximum atomic E-state index is 13.0. The summed E-state index contributed by atoms with van der Waals surface area (Å²) < 4.78 is 0. The lowest BCUT2D eigenvalue weighted by atomic mass is 9.96. The number of pyridine rings is 1. The van der Waals surface area contributed by atoms with Crippen molar-refractivity contribution < 1.29 is 9.59 Å². The molecule has 3 heterocycles. The predicted octanol–water partition coefficient (Wildman–Crippen LogP) is 2.31. The molecule has 2 aliphatic heterocycles. The van der Waals surface area contributed by atoms with Gasteiger partial charge in [0.2, 0.25) is 5.91 Å². The molecule has 4 rings (SSSR count). The maximum absolute atomic E-state index is 13.0. The lowest BCUT2D eigenvalue weighted by Crippen LogP contribution is -2.46. The molecule has 1 atom stereocenters. The van der Waals surface area contributed by atoms with Gasteiger partial charge >= 0.3 is 0 Å². The van der Waals surface area contributed by atoms with E-state index in [0.29, 0.717) is 25.2 Å². The van der Waals surface area contributed by atoms with Gasteiger partial charge in [0.15, 0.2) is 0 Å². The van der Waals surface area contributed by atoms with Gasteiger partial charge < -0.3 is 20.0 Å². The first-order valence-corrected chi connectivity index (χ1v) is 11.5. The number of likely N-dealkylation sites (tertiary alicyclic amines) is 1. The van der Waals surface area contributed by atoms with E-state index in [1.165, 1.54) is 0 Å². The largest absolute Gasteiger partial charge is 0.354 e. The highest BCUT2D eigenvalue weighted by Gasteiger charge is 2.29. The first-order chi connectivity index (χ1) is 15.5. The fourth-order valence-electron chi connectivity index (χ4n) is 4.45. The minimum absolute atomic E-state index is 0.00659. The van der Waals surface area contributed by atoms with Gasteiger partial charge in [0, 0.05) is 63.1 Å². The number of hydrogen-bond donors (Lipinski definition) is 1. The van der Waals surface area contributed by atoms with E-state index in [1.54, 1.807) is 0 Å². The van der Waals surface area contributed by atoms with E-state index in [2.05, 4.69) is 27.1 Å². The van der Waals surface area contributed by atoms with Gasteiger partial charge in [-0.1, -0.05) is 23.8 Å². The topological polar surface area (TPSA) is 68.8 Å². The van der Waals surface area contributed by atoms with Gasteiger partial charge in [0.25, 0.3) is 5.91 Å². The zero-order valence-electron chi connectivity index (χ0n) is 19.1. The summed E-state index contributed by atoms with van der Waals surface area (Å²) in [6, 6.07) is 11.6. The second-order valence-electron chi connectivity index (χ2n) is 8.95. The summed E-state index contributed by atoms with van der Waals surface area (Å²) in [6.45, 7) is 7.53. The van der Waals surface area contributed by atoms with Gasteiger partial charge in [0.05, 0.1) is 5.92 Å². The Morgan fingerprint density at radius 1 is 1.06 bits per heavy atom. The number of aromatic nitrogens is 1. The molecule has 170 valence electrons. The molecule has 2 aromatic rings. The molecule has 2 aliphatic rings. The zero-order valence-corrected chi connectivity index (χ0v) is 19.1. The number of piperidine rings is 1. The van der Waals surface area contributed by atoms with Gasteiger partial charge in [0.1, 0.15) is 5.82 Å². The predicted molar refractivity (Wildman–Crippen MR) is 126 cm³/mol. The molecular weight excluding hydrogens is 402 g/mol. The number of nitrogens with zero attached hydrogens (tertiary/aromatic N) is 4. The number of piperazine rings is 1. The van der Waals surface area contributed by atoms with E-state index in [9.17, 15) is 9.59 Å². The number of amides is 2. The number of carbonyl (C=O) groups excluding carboxylic acids is 2. The molecule has 0 bridgehead atoms. The Morgan fingerprint density at radius 2 is 1.81 bits per heavy atom. The van der Waals surface area contributed by atoms with Crippen LogP contribution in [-0.4, -0.2) is 72.9 Å².